The second-order valence-corrected chi connectivity index (χ2v) is 11.0. The number of hydrogen-bond donors (Lipinski definition) is 1. The van der Waals surface area contributed by atoms with Crippen molar-refractivity contribution >= 4 is 10.9 Å². The fourth-order valence-electron chi connectivity index (χ4n) is 6.09. The third kappa shape index (κ3) is 9.50. The molecule has 33 heavy (non-hydrogen) atoms. The van der Waals surface area contributed by atoms with Gasteiger partial charge in [-0.3, -0.25) is 0 Å². The third-order valence-electron chi connectivity index (χ3n) is 8.14. The van der Waals surface area contributed by atoms with Gasteiger partial charge in [0.25, 0.3) is 0 Å². The predicted octanol–water partition coefficient (Wildman–Crippen LogP) is 11.0. The van der Waals surface area contributed by atoms with Crippen LogP contribution in [0.25, 0.3) is 10.9 Å². The minimum absolute atomic E-state index is 0.780. The SMILES string of the molecule is CCCCCCCCCCCCCCCCCCCCC1CCCc2c1[nH]c1ccccc21. The fraction of sp³-hybridized carbons (Fsp3) is 0.750. The minimum Gasteiger partial charge on any atom is -0.358 e. The van der Waals surface area contributed by atoms with Crippen LogP contribution in [0.15, 0.2) is 24.3 Å². The van der Waals surface area contributed by atoms with E-state index in [1.54, 1.807) is 11.3 Å². The summed E-state index contributed by atoms with van der Waals surface area (Å²) in [5, 5.41) is 1.48. The lowest BCUT2D eigenvalue weighted by Crippen LogP contribution is -2.09. The van der Waals surface area contributed by atoms with E-state index < -0.39 is 0 Å². The second-order valence-electron chi connectivity index (χ2n) is 11.0. The highest BCUT2D eigenvalue weighted by atomic mass is 14.7. The lowest BCUT2D eigenvalue weighted by Gasteiger charge is -2.22. The summed E-state index contributed by atoms with van der Waals surface area (Å²) in [4.78, 5) is 3.77. The quantitative estimate of drug-likeness (QED) is 0.204. The number of nitrogens with one attached hydrogen (secondary N) is 1. The number of hydrogen-bond acceptors (Lipinski definition) is 0. The Labute approximate surface area is 205 Å². The Morgan fingerprint density at radius 3 is 1.76 bits per heavy atom. The smallest absolute Gasteiger partial charge is 0.0459 e. The summed E-state index contributed by atoms with van der Waals surface area (Å²) in [5.74, 6) is 0.780. The van der Waals surface area contributed by atoms with Crippen LogP contribution in [-0.4, -0.2) is 4.98 Å². The number of aromatic nitrogens is 1. The van der Waals surface area contributed by atoms with Crippen LogP contribution >= 0.6 is 0 Å². The van der Waals surface area contributed by atoms with Crippen molar-refractivity contribution in [3.63, 3.8) is 0 Å². The molecule has 1 aromatic heterocycles. The van der Waals surface area contributed by atoms with Crippen LogP contribution in [0.4, 0.5) is 0 Å². The van der Waals surface area contributed by atoms with E-state index in [0.717, 1.165) is 5.92 Å². The highest BCUT2D eigenvalue weighted by Gasteiger charge is 2.23. The topological polar surface area (TPSA) is 15.8 Å². The summed E-state index contributed by atoms with van der Waals surface area (Å²) >= 11 is 0. The molecule has 3 rings (SSSR count). The van der Waals surface area contributed by atoms with Gasteiger partial charge in [-0.1, -0.05) is 141 Å². The average molecular weight is 452 g/mol. The van der Waals surface area contributed by atoms with Crippen molar-refractivity contribution in [1.82, 2.24) is 4.98 Å². The van der Waals surface area contributed by atoms with Gasteiger partial charge < -0.3 is 4.98 Å². The summed E-state index contributed by atoms with van der Waals surface area (Å²) in [5.41, 5.74) is 4.56. The molecule has 1 nitrogen and oxygen atoms in total. The molecule has 1 aliphatic rings. The maximum absolute atomic E-state index is 3.77. The van der Waals surface area contributed by atoms with Crippen LogP contribution < -0.4 is 0 Å². The maximum Gasteiger partial charge on any atom is 0.0459 e. The van der Waals surface area contributed by atoms with Gasteiger partial charge >= 0.3 is 0 Å². The molecule has 1 N–H and O–H groups in total. The van der Waals surface area contributed by atoms with Gasteiger partial charge in [0.2, 0.25) is 0 Å². The molecule has 0 amide bonds. The van der Waals surface area contributed by atoms with Crippen LogP contribution in [0.1, 0.15) is 159 Å². The van der Waals surface area contributed by atoms with Gasteiger partial charge in [-0.05, 0) is 43.2 Å². The lowest BCUT2D eigenvalue weighted by atomic mass is 9.83. The zero-order valence-electron chi connectivity index (χ0n) is 21.9. The van der Waals surface area contributed by atoms with Crippen molar-refractivity contribution in [1.29, 1.82) is 0 Å². The number of aromatic amines is 1. The number of H-pyrrole nitrogens is 1. The Kier molecular flexibility index (Phi) is 13.1. The fourth-order valence-corrected chi connectivity index (χ4v) is 6.09. The van der Waals surface area contributed by atoms with E-state index in [-0.39, 0.29) is 0 Å². The minimum atomic E-state index is 0.780. The van der Waals surface area contributed by atoms with Gasteiger partial charge in [-0.2, -0.15) is 0 Å². The van der Waals surface area contributed by atoms with E-state index in [9.17, 15) is 0 Å². The van der Waals surface area contributed by atoms with Crippen LogP contribution in [-0.2, 0) is 6.42 Å². The van der Waals surface area contributed by atoms with E-state index >= 15 is 0 Å². The Morgan fingerprint density at radius 2 is 1.18 bits per heavy atom. The van der Waals surface area contributed by atoms with Gasteiger partial charge in [-0.25, -0.2) is 0 Å². The van der Waals surface area contributed by atoms with Gasteiger partial charge in [0.1, 0.15) is 0 Å². The monoisotopic (exact) mass is 451 g/mol. The molecule has 1 heterocycles. The molecule has 1 aromatic carbocycles. The van der Waals surface area contributed by atoms with Gasteiger partial charge in [0, 0.05) is 16.6 Å². The number of para-hydroxylation sites is 1. The number of rotatable bonds is 19. The lowest BCUT2D eigenvalue weighted by molar-refractivity contribution is 0.475. The van der Waals surface area contributed by atoms with Gasteiger partial charge in [0.15, 0.2) is 0 Å². The van der Waals surface area contributed by atoms with Crippen molar-refractivity contribution in [3.8, 4) is 0 Å². The van der Waals surface area contributed by atoms with E-state index in [0.29, 0.717) is 0 Å². The highest BCUT2D eigenvalue weighted by molar-refractivity contribution is 5.85. The van der Waals surface area contributed by atoms with E-state index in [1.165, 1.54) is 152 Å². The molecule has 1 atom stereocenters. The molecule has 0 saturated heterocycles. The average Bonchev–Trinajstić information content (AvgIpc) is 3.23. The first-order chi connectivity index (χ1) is 16.4. The third-order valence-corrected chi connectivity index (χ3v) is 8.14. The zero-order chi connectivity index (χ0) is 23.0. The van der Waals surface area contributed by atoms with Crippen LogP contribution in [0.5, 0.6) is 0 Å². The Hall–Kier alpha value is -1.24. The molecule has 0 spiro atoms. The molecule has 0 saturated carbocycles. The van der Waals surface area contributed by atoms with Gasteiger partial charge in [0.05, 0.1) is 0 Å². The first-order valence-electron chi connectivity index (χ1n) is 15.0. The highest BCUT2D eigenvalue weighted by Crippen LogP contribution is 2.38. The number of aryl methyl sites for hydroxylation is 1. The van der Waals surface area contributed by atoms with Crippen molar-refractivity contribution in [2.45, 2.75) is 154 Å². The molecule has 186 valence electrons. The maximum atomic E-state index is 3.77. The first-order valence-corrected chi connectivity index (χ1v) is 15.0. The van der Waals surface area contributed by atoms with Crippen molar-refractivity contribution in [2.24, 2.45) is 0 Å². The van der Waals surface area contributed by atoms with Crippen LogP contribution in [0.3, 0.4) is 0 Å². The van der Waals surface area contributed by atoms with Crippen LogP contribution in [0, 0.1) is 0 Å². The Morgan fingerprint density at radius 1 is 0.667 bits per heavy atom. The summed E-state index contributed by atoms with van der Waals surface area (Å²) in [6, 6.07) is 8.92. The van der Waals surface area contributed by atoms with Crippen LogP contribution in [0.2, 0.25) is 0 Å². The van der Waals surface area contributed by atoms with E-state index in [2.05, 4.69) is 36.2 Å². The molecule has 0 aliphatic heterocycles. The summed E-state index contributed by atoms with van der Waals surface area (Å²) in [7, 11) is 0. The normalized spacial score (nSPS) is 15.8. The second kappa shape index (κ2) is 16.4. The largest absolute Gasteiger partial charge is 0.358 e. The molecule has 0 fully saturated rings. The number of unbranched alkanes of at least 4 members (excludes halogenated alkanes) is 17. The predicted molar refractivity (Wildman–Crippen MR) is 147 cm³/mol. The molecular weight excluding hydrogens is 398 g/mol. The van der Waals surface area contributed by atoms with Crippen molar-refractivity contribution < 1.29 is 0 Å². The molecule has 0 bridgehead atoms. The number of fused-ring (bicyclic) bond motifs is 3. The Balaban J connectivity index is 1.11. The summed E-state index contributed by atoms with van der Waals surface area (Å²) in [6.45, 7) is 2.30. The van der Waals surface area contributed by atoms with Crippen molar-refractivity contribution in [3.05, 3.63) is 35.5 Å². The standard InChI is InChI=1S/C32H53N/c1-2-3-4-5-6-7-8-9-10-11-12-13-14-15-16-17-18-19-23-28-24-22-26-30-29-25-20-21-27-31(29)33-32(28)30/h20-21,25,27-28,33H,2-19,22-24,26H2,1H3. The summed E-state index contributed by atoms with van der Waals surface area (Å²) in [6.07, 6.45) is 31.7. The zero-order valence-corrected chi connectivity index (χ0v) is 21.9. The molecule has 1 unspecified atom stereocenters. The first kappa shape index (κ1) is 26.4. The van der Waals surface area contributed by atoms with E-state index in [1.807, 2.05) is 0 Å². The molecule has 1 heteroatoms. The molecule has 1 aliphatic carbocycles. The van der Waals surface area contributed by atoms with E-state index in [4.69, 9.17) is 0 Å². The molecular formula is C32H53N. The van der Waals surface area contributed by atoms with Gasteiger partial charge in [-0.15, -0.1) is 0 Å². The van der Waals surface area contributed by atoms with Crippen molar-refractivity contribution in [2.75, 3.05) is 0 Å². The summed E-state index contributed by atoms with van der Waals surface area (Å²) < 4.78 is 0. The molecule has 2 aromatic rings. The Bertz CT molecular complexity index is 742. The molecule has 0 radical (unpaired) electrons. The number of benzene rings is 1.